The van der Waals surface area contributed by atoms with E-state index in [0.717, 1.165) is 43.1 Å². The Kier molecular flexibility index (Phi) is 6.31. The standard InChI is InChI=1S/C29H32F3N9O2/c1-39-14-20(28(30,31)32)36-24(39)18-5-3-16(4-6-18)13-40-11-12-41(19-9-10-19)23-25(40)37-29(33,38-26(23)42)21-22(17-7-8-17)34-15-35-27(21)43-2/h3-6,14-15,17,19,37H,7-13,33H2,1-2H3,(H,38,42). The van der Waals surface area contributed by atoms with Gasteiger partial charge < -0.3 is 29.7 Å². The molecule has 2 aliphatic heterocycles. The lowest BCUT2D eigenvalue weighted by molar-refractivity contribution is -0.140. The predicted molar refractivity (Wildman–Crippen MR) is 149 cm³/mol. The monoisotopic (exact) mass is 595 g/mol. The van der Waals surface area contributed by atoms with Crippen LogP contribution in [0.2, 0.25) is 0 Å². The number of nitrogens with one attached hydrogen (secondary N) is 2. The molecule has 1 atom stereocenters. The average Bonchev–Trinajstić information content (AvgIpc) is 3.90. The highest BCUT2D eigenvalue weighted by Gasteiger charge is 2.49. The number of imidazole rings is 1. The highest BCUT2D eigenvalue weighted by atomic mass is 19.4. The lowest BCUT2D eigenvalue weighted by atomic mass is 10.0. The van der Waals surface area contributed by atoms with Crippen LogP contribution in [0.4, 0.5) is 13.2 Å². The Morgan fingerprint density at radius 2 is 1.84 bits per heavy atom. The molecule has 14 heteroatoms. The van der Waals surface area contributed by atoms with E-state index in [4.69, 9.17) is 10.5 Å². The zero-order valence-electron chi connectivity index (χ0n) is 23.8. The normalized spacial score (nSPS) is 22.3. The minimum absolute atomic E-state index is 0.219. The Labute approximate surface area is 245 Å². The van der Waals surface area contributed by atoms with E-state index >= 15 is 0 Å². The fourth-order valence-electron chi connectivity index (χ4n) is 6.03. The molecule has 4 N–H and O–H groups in total. The number of aryl methyl sites for hydroxylation is 1. The first-order valence-corrected chi connectivity index (χ1v) is 14.3. The van der Waals surface area contributed by atoms with Gasteiger partial charge in [0.25, 0.3) is 5.91 Å². The number of carbonyl (C=O) groups excluding carboxylic acids is 1. The molecule has 0 radical (unpaired) electrons. The van der Waals surface area contributed by atoms with E-state index < -0.39 is 17.7 Å². The first-order valence-electron chi connectivity index (χ1n) is 14.3. The molecule has 4 aliphatic rings. The summed E-state index contributed by atoms with van der Waals surface area (Å²) in [6.07, 6.45) is 1.91. The van der Waals surface area contributed by atoms with Crippen molar-refractivity contribution in [3.8, 4) is 17.3 Å². The van der Waals surface area contributed by atoms with Crippen LogP contribution in [-0.2, 0) is 30.4 Å². The molecule has 43 heavy (non-hydrogen) atoms. The Hall–Kier alpha value is -4.33. The highest BCUT2D eigenvalue weighted by molar-refractivity contribution is 5.95. The number of aromatic nitrogens is 4. The Morgan fingerprint density at radius 1 is 1.09 bits per heavy atom. The molecular weight excluding hydrogens is 563 g/mol. The van der Waals surface area contributed by atoms with Gasteiger partial charge in [-0.3, -0.25) is 10.5 Å². The third-order valence-electron chi connectivity index (χ3n) is 8.41. The van der Waals surface area contributed by atoms with Crippen molar-refractivity contribution in [2.45, 2.75) is 56.2 Å². The van der Waals surface area contributed by atoms with Crippen LogP contribution in [0, 0.1) is 0 Å². The number of hydrogen-bond donors (Lipinski definition) is 3. The topological polar surface area (TPSA) is 126 Å². The van der Waals surface area contributed by atoms with Gasteiger partial charge >= 0.3 is 6.18 Å². The maximum absolute atomic E-state index is 13.8. The summed E-state index contributed by atoms with van der Waals surface area (Å²) in [6, 6.07) is 7.55. The van der Waals surface area contributed by atoms with Crippen LogP contribution in [0.5, 0.6) is 5.88 Å². The molecule has 11 nitrogen and oxygen atoms in total. The number of methoxy groups -OCH3 is 1. The Morgan fingerprint density at radius 3 is 2.47 bits per heavy atom. The third-order valence-corrected chi connectivity index (χ3v) is 8.41. The first-order chi connectivity index (χ1) is 20.6. The molecule has 4 heterocycles. The van der Waals surface area contributed by atoms with Gasteiger partial charge in [-0.25, -0.2) is 15.0 Å². The minimum atomic E-state index is -4.52. The summed E-state index contributed by atoms with van der Waals surface area (Å²) in [5.41, 5.74) is 9.34. The highest BCUT2D eigenvalue weighted by Crippen LogP contribution is 2.45. The van der Waals surface area contributed by atoms with Crippen molar-refractivity contribution >= 4 is 5.91 Å². The van der Waals surface area contributed by atoms with Crippen molar-refractivity contribution in [2.24, 2.45) is 12.8 Å². The maximum atomic E-state index is 13.8. The molecule has 1 amide bonds. The van der Waals surface area contributed by atoms with Crippen molar-refractivity contribution in [3.63, 3.8) is 0 Å². The molecule has 2 saturated carbocycles. The minimum Gasteiger partial charge on any atom is -0.481 e. The molecule has 1 unspecified atom stereocenters. The van der Waals surface area contributed by atoms with Crippen LogP contribution >= 0.6 is 0 Å². The van der Waals surface area contributed by atoms with Crippen molar-refractivity contribution in [1.82, 2.24) is 40.0 Å². The molecule has 2 fully saturated rings. The Bertz CT molecular complexity index is 1610. The van der Waals surface area contributed by atoms with Crippen LogP contribution in [0.15, 0.2) is 48.3 Å². The quantitative estimate of drug-likeness (QED) is 0.378. The zero-order valence-corrected chi connectivity index (χ0v) is 23.8. The van der Waals surface area contributed by atoms with Gasteiger partial charge in [-0.05, 0) is 31.2 Å². The molecule has 7 rings (SSSR count). The number of carbonyl (C=O) groups is 1. The lowest BCUT2D eigenvalue weighted by Crippen LogP contribution is -2.70. The van der Waals surface area contributed by atoms with Gasteiger partial charge in [0.1, 0.15) is 23.7 Å². The zero-order chi connectivity index (χ0) is 30.1. The van der Waals surface area contributed by atoms with Gasteiger partial charge in [0.15, 0.2) is 11.5 Å². The van der Waals surface area contributed by atoms with Gasteiger partial charge in [0.2, 0.25) is 5.88 Å². The van der Waals surface area contributed by atoms with Crippen molar-refractivity contribution < 1.29 is 22.7 Å². The SMILES string of the molecule is COc1ncnc(C2CC2)c1C1(N)NC(=O)C2=C(N1)N(Cc1ccc(-c3nc(C(F)(F)F)cn3C)cc1)CCN2C1CC1. The second kappa shape index (κ2) is 9.86. The molecule has 0 bridgehead atoms. The van der Waals surface area contributed by atoms with E-state index in [1.54, 1.807) is 19.2 Å². The predicted octanol–water partition coefficient (Wildman–Crippen LogP) is 2.72. The van der Waals surface area contributed by atoms with E-state index in [2.05, 4.69) is 35.4 Å². The summed E-state index contributed by atoms with van der Waals surface area (Å²) in [4.78, 5) is 30.7. The maximum Gasteiger partial charge on any atom is 0.434 e. The fraction of sp³-hybridized carbons (Fsp3) is 0.448. The van der Waals surface area contributed by atoms with E-state index in [1.165, 1.54) is 18.0 Å². The molecule has 0 spiro atoms. The van der Waals surface area contributed by atoms with E-state index in [0.29, 0.717) is 54.2 Å². The molecular formula is C29H32F3N9O2. The van der Waals surface area contributed by atoms with E-state index in [1.807, 2.05) is 12.1 Å². The Balaban J connectivity index is 1.21. The molecule has 2 aliphatic carbocycles. The fourth-order valence-corrected chi connectivity index (χ4v) is 6.03. The van der Waals surface area contributed by atoms with Crippen LogP contribution in [0.1, 0.15) is 54.1 Å². The summed E-state index contributed by atoms with van der Waals surface area (Å²) in [5.74, 6) is -0.437. The smallest absolute Gasteiger partial charge is 0.434 e. The van der Waals surface area contributed by atoms with Crippen molar-refractivity contribution in [2.75, 3.05) is 20.2 Å². The van der Waals surface area contributed by atoms with Gasteiger partial charge in [-0.15, -0.1) is 0 Å². The average molecular weight is 596 g/mol. The number of halogens is 3. The van der Waals surface area contributed by atoms with Gasteiger partial charge in [0.05, 0.1) is 18.4 Å². The van der Waals surface area contributed by atoms with Crippen LogP contribution in [0.25, 0.3) is 11.4 Å². The summed E-state index contributed by atoms with van der Waals surface area (Å²) in [5, 5.41) is 6.45. The number of amides is 1. The molecule has 0 saturated heterocycles. The third kappa shape index (κ3) is 4.92. The first kappa shape index (κ1) is 27.5. The molecule has 2 aromatic heterocycles. The largest absolute Gasteiger partial charge is 0.481 e. The van der Waals surface area contributed by atoms with Crippen LogP contribution in [0.3, 0.4) is 0 Å². The van der Waals surface area contributed by atoms with Crippen LogP contribution in [-0.4, -0.2) is 61.5 Å². The summed E-state index contributed by atoms with van der Waals surface area (Å²) < 4.78 is 46.5. The summed E-state index contributed by atoms with van der Waals surface area (Å²) >= 11 is 0. The second-order valence-corrected chi connectivity index (χ2v) is 11.6. The summed E-state index contributed by atoms with van der Waals surface area (Å²) in [6.45, 7) is 1.76. The number of nitrogens with two attached hydrogens (primary N) is 1. The van der Waals surface area contributed by atoms with Gasteiger partial charge in [-0.2, -0.15) is 13.2 Å². The lowest BCUT2D eigenvalue weighted by Gasteiger charge is -2.48. The molecule has 226 valence electrons. The number of rotatable bonds is 7. The molecule has 3 aromatic rings. The van der Waals surface area contributed by atoms with Gasteiger partial charge in [-0.1, -0.05) is 24.3 Å². The summed E-state index contributed by atoms with van der Waals surface area (Å²) in [7, 11) is 3.06. The molecule has 1 aromatic carbocycles. The second-order valence-electron chi connectivity index (χ2n) is 11.6. The van der Waals surface area contributed by atoms with Gasteiger partial charge in [0, 0.05) is 50.4 Å². The van der Waals surface area contributed by atoms with Crippen molar-refractivity contribution in [3.05, 3.63) is 70.8 Å². The van der Waals surface area contributed by atoms with Crippen LogP contribution < -0.4 is 21.1 Å². The number of ether oxygens (including phenoxy) is 1. The number of benzene rings is 1. The van der Waals surface area contributed by atoms with E-state index in [9.17, 15) is 18.0 Å². The number of hydrogen-bond acceptors (Lipinski definition) is 9. The number of nitrogens with zero attached hydrogens (tertiary/aromatic N) is 6. The van der Waals surface area contributed by atoms with E-state index in [-0.39, 0.29) is 17.6 Å². The number of alkyl halides is 3. The van der Waals surface area contributed by atoms with Crippen molar-refractivity contribution in [1.29, 1.82) is 0 Å².